The quantitative estimate of drug-likeness (QED) is 0.251. The van der Waals surface area contributed by atoms with Crippen molar-refractivity contribution in [2.24, 2.45) is 4.99 Å². The summed E-state index contributed by atoms with van der Waals surface area (Å²) >= 11 is 0. The molecule has 138 valence electrons. The SMILES string of the molecule is CCNC(=NCCCCN1CCCCC1C)NC(C)COC.I. The summed E-state index contributed by atoms with van der Waals surface area (Å²) in [7, 11) is 1.73. The molecule has 1 saturated heterocycles. The molecule has 6 heteroatoms. The highest BCUT2D eigenvalue weighted by molar-refractivity contribution is 14.0. The second kappa shape index (κ2) is 14.3. The van der Waals surface area contributed by atoms with Gasteiger partial charge in [-0.25, -0.2) is 0 Å². The van der Waals surface area contributed by atoms with Crippen molar-refractivity contribution >= 4 is 29.9 Å². The van der Waals surface area contributed by atoms with Crippen LogP contribution in [0.2, 0.25) is 0 Å². The van der Waals surface area contributed by atoms with Gasteiger partial charge in [0, 0.05) is 32.3 Å². The number of hydrogen-bond acceptors (Lipinski definition) is 3. The number of methoxy groups -OCH3 is 1. The second-order valence-electron chi connectivity index (χ2n) is 6.35. The molecule has 23 heavy (non-hydrogen) atoms. The van der Waals surface area contributed by atoms with E-state index in [4.69, 9.17) is 4.74 Å². The van der Waals surface area contributed by atoms with E-state index >= 15 is 0 Å². The zero-order chi connectivity index (χ0) is 16.2. The van der Waals surface area contributed by atoms with Crippen LogP contribution in [0.5, 0.6) is 0 Å². The monoisotopic (exact) mass is 440 g/mol. The largest absolute Gasteiger partial charge is 0.383 e. The number of piperidine rings is 1. The molecule has 1 rings (SSSR count). The van der Waals surface area contributed by atoms with Crippen LogP contribution in [-0.4, -0.2) is 62.8 Å². The molecule has 0 aromatic rings. The summed E-state index contributed by atoms with van der Waals surface area (Å²) in [6, 6.07) is 1.04. The molecule has 0 aromatic heterocycles. The number of likely N-dealkylation sites (tertiary alicyclic amines) is 1. The molecule has 2 unspecified atom stereocenters. The minimum Gasteiger partial charge on any atom is -0.383 e. The molecule has 1 aliphatic rings. The predicted molar refractivity (Wildman–Crippen MR) is 110 cm³/mol. The number of halogens is 1. The van der Waals surface area contributed by atoms with Crippen LogP contribution in [-0.2, 0) is 4.74 Å². The van der Waals surface area contributed by atoms with Crippen molar-refractivity contribution in [2.45, 2.75) is 65.0 Å². The first-order valence-electron chi connectivity index (χ1n) is 8.95. The van der Waals surface area contributed by atoms with Gasteiger partial charge in [-0.05, 0) is 59.5 Å². The molecule has 2 N–H and O–H groups in total. The summed E-state index contributed by atoms with van der Waals surface area (Å²) in [5, 5.41) is 6.66. The highest BCUT2D eigenvalue weighted by Gasteiger charge is 2.16. The Kier molecular flexibility index (Phi) is 14.2. The number of guanidine groups is 1. The maximum Gasteiger partial charge on any atom is 0.191 e. The number of nitrogens with zero attached hydrogens (tertiary/aromatic N) is 2. The van der Waals surface area contributed by atoms with E-state index < -0.39 is 0 Å². The summed E-state index contributed by atoms with van der Waals surface area (Å²) in [5.74, 6) is 0.901. The van der Waals surface area contributed by atoms with Crippen molar-refractivity contribution in [2.75, 3.05) is 39.9 Å². The Morgan fingerprint density at radius 1 is 1.35 bits per heavy atom. The molecule has 1 aliphatic heterocycles. The van der Waals surface area contributed by atoms with E-state index in [9.17, 15) is 0 Å². The van der Waals surface area contributed by atoms with E-state index in [0.29, 0.717) is 6.61 Å². The van der Waals surface area contributed by atoms with E-state index in [0.717, 1.165) is 31.5 Å². The Morgan fingerprint density at radius 2 is 2.13 bits per heavy atom. The minimum absolute atomic E-state index is 0. The zero-order valence-electron chi connectivity index (χ0n) is 15.4. The van der Waals surface area contributed by atoms with E-state index in [1.165, 1.54) is 38.8 Å². The minimum atomic E-state index is 0. The van der Waals surface area contributed by atoms with Gasteiger partial charge in [-0.2, -0.15) is 0 Å². The Morgan fingerprint density at radius 3 is 2.78 bits per heavy atom. The lowest BCUT2D eigenvalue weighted by atomic mass is 10.0. The van der Waals surface area contributed by atoms with Crippen LogP contribution in [0.4, 0.5) is 0 Å². The fourth-order valence-electron chi connectivity index (χ4n) is 2.95. The Bertz CT molecular complexity index is 315. The van der Waals surface area contributed by atoms with Crippen molar-refractivity contribution in [1.29, 1.82) is 0 Å². The molecule has 1 heterocycles. The van der Waals surface area contributed by atoms with Gasteiger partial charge in [0.1, 0.15) is 0 Å². The molecule has 0 bridgehead atoms. The first kappa shape index (κ1) is 22.9. The van der Waals surface area contributed by atoms with Gasteiger partial charge in [-0.15, -0.1) is 24.0 Å². The molecule has 1 fully saturated rings. The normalized spacial score (nSPS) is 20.7. The van der Waals surface area contributed by atoms with Crippen LogP contribution < -0.4 is 10.6 Å². The van der Waals surface area contributed by atoms with Crippen molar-refractivity contribution in [1.82, 2.24) is 15.5 Å². The Hall–Kier alpha value is -0.0800. The van der Waals surface area contributed by atoms with Crippen LogP contribution in [0.3, 0.4) is 0 Å². The fourth-order valence-corrected chi connectivity index (χ4v) is 2.95. The number of ether oxygens (including phenoxy) is 1. The third-order valence-electron chi connectivity index (χ3n) is 4.21. The van der Waals surface area contributed by atoms with E-state index in [1.54, 1.807) is 7.11 Å². The molecule has 2 atom stereocenters. The molecule has 5 nitrogen and oxygen atoms in total. The van der Waals surface area contributed by atoms with Gasteiger partial charge in [0.05, 0.1) is 6.61 Å². The van der Waals surface area contributed by atoms with E-state index in [-0.39, 0.29) is 30.0 Å². The van der Waals surface area contributed by atoms with Gasteiger partial charge in [0.15, 0.2) is 5.96 Å². The predicted octanol–water partition coefficient (Wildman–Crippen LogP) is 2.85. The summed E-state index contributed by atoms with van der Waals surface area (Å²) in [6.07, 6.45) is 6.52. The number of unbranched alkanes of at least 4 members (excludes halogenated alkanes) is 1. The fraction of sp³-hybridized carbons (Fsp3) is 0.941. The topological polar surface area (TPSA) is 48.9 Å². The first-order chi connectivity index (χ1) is 10.7. The molecule has 0 saturated carbocycles. The smallest absolute Gasteiger partial charge is 0.191 e. The van der Waals surface area contributed by atoms with Crippen LogP contribution in [0.25, 0.3) is 0 Å². The zero-order valence-corrected chi connectivity index (χ0v) is 17.8. The molecule has 0 spiro atoms. The Balaban J connectivity index is 0.00000484. The standard InChI is InChI=1S/C17H36N4O.HI/c1-5-18-17(20-15(2)14-22-4)19-11-7-9-13-21-12-8-6-10-16(21)3;/h15-16H,5-14H2,1-4H3,(H2,18,19,20);1H. The third kappa shape index (κ3) is 10.4. The lowest BCUT2D eigenvalue weighted by Gasteiger charge is -2.33. The van der Waals surface area contributed by atoms with Gasteiger partial charge < -0.3 is 20.3 Å². The average molecular weight is 440 g/mol. The lowest BCUT2D eigenvalue weighted by molar-refractivity contribution is 0.158. The number of rotatable bonds is 9. The van der Waals surface area contributed by atoms with Crippen LogP contribution >= 0.6 is 24.0 Å². The average Bonchev–Trinajstić information content (AvgIpc) is 2.49. The molecular weight excluding hydrogens is 403 g/mol. The van der Waals surface area contributed by atoms with Gasteiger partial charge in [0.25, 0.3) is 0 Å². The maximum atomic E-state index is 5.15. The molecule has 0 amide bonds. The van der Waals surface area contributed by atoms with Crippen molar-refractivity contribution in [3.63, 3.8) is 0 Å². The van der Waals surface area contributed by atoms with Gasteiger partial charge in [0.2, 0.25) is 0 Å². The summed E-state index contributed by atoms with van der Waals surface area (Å²) in [4.78, 5) is 7.29. The maximum absolute atomic E-state index is 5.15. The lowest BCUT2D eigenvalue weighted by Crippen LogP contribution is -2.44. The van der Waals surface area contributed by atoms with Crippen LogP contribution in [0.15, 0.2) is 4.99 Å². The molecule has 0 aromatic carbocycles. The van der Waals surface area contributed by atoms with E-state index in [2.05, 4.69) is 41.3 Å². The summed E-state index contributed by atoms with van der Waals surface area (Å²) in [5.41, 5.74) is 0. The number of aliphatic imine (C=N–C) groups is 1. The third-order valence-corrected chi connectivity index (χ3v) is 4.21. The van der Waals surface area contributed by atoms with Gasteiger partial charge in [-0.1, -0.05) is 6.42 Å². The summed E-state index contributed by atoms with van der Waals surface area (Å²) < 4.78 is 5.15. The Labute approximate surface area is 160 Å². The van der Waals surface area contributed by atoms with Crippen molar-refractivity contribution < 1.29 is 4.74 Å². The van der Waals surface area contributed by atoms with Gasteiger partial charge >= 0.3 is 0 Å². The molecule has 0 aliphatic carbocycles. The highest BCUT2D eigenvalue weighted by Crippen LogP contribution is 2.16. The van der Waals surface area contributed by atoms with Gasteiger partial charge in [-0.3, -0.25) is 4.99 Å². The van der Waals surface area contributed by atoms with Crippen molar-refractivity contribution in [3.05, 3.63) is 0 Å². The molecular formula is C17H37IN4O. The summed E-state index contributed by atoms with van der Waals surface area (Å²) in [6.45, 7) is 11.5. The number of hydrogen-bond donors (Lipinski definition) is 2. The van der Waals surface area contributed by atoms with Crippen LogP contribution in [0.1, 0.15) is 52.9 Å². The number of nitrogens with one attached hydrogen (secondary N) is 2. The first-order valence-corrected chi connectivity index (χ1v) is 8.95. The highest BCUT2D eigenvalue weighted by atomic mass is 127. The van der Waals surface area contributed by atoms with Crippen LogP contribution in [0, 0.1) is 0 Å². The molecule has 0 radical (unpaired) electrons. The van der Waals surface area contributed by atoms with Crippen molar-refractivity contribution in [3.8, 4) is 0 Å². The second-order valence-corrected chi connectivity index (χ2v) is 6.35. The van der Waals surface area contributed by atoms with E-state index in [1.807, 2.05) is 0 Å².